The Labute approximate surface area is 409 Å². The van der Waals surface area contributed by atoms with E-state index in [0.717, 1.165) is 46.2 Å². The van der Waals surface area contributed by atoms with Crippen LogP contribution < -0.4 is 16.8 Å². The van der Waals surface area contributed by atoms with E-state index in [2.05, 4.69) is 71.6 Å². The van der Waals surface area contributed by atoms with E-state index in [-0.39, 0.29) is 37.1 Å². The van der Waals surface area contributed by atoms with Gasteiger partial charge in [0.05, 0.1) is 46.4 Å². The highest BCUT2D eigenvalue weighted by atomic mass is 16.5. The van der Waals surface area contributed by atoms with Gasteiger partial charge in [-0.05, 0) is 93.7 Å². The molecule has 1 saturated heterocycles. The highest BCUT2D eigenvalue weighted by molar-refractivity contribution is 5.76. The van der Waals surface area contributed by atoms with E-state index in [1.54, 1.807) is 48.1 Å². The Kier molecular flexibility index (Phi) is 12.6. The van der Waals surface area contributed by atoms with Crippen LogP contribution in [0.15, 0.2) is 113 Å². The number of ether oxygens (including phenoxy) is 1. The number of carbonyl (C=O) groups excluding carboxylic acids is 1. The molecule has 7 heterocycles. The van der Waals surface area contributed by atoms with Gasteiger partial charge in [0.2, 0.25) is 17.8 Å². The number of carbonyl (C=O) groups is 1. The molecule has 1 unspecified atom stereocenters. The van der Waals surface area contributed by atoms with Crippen molar-refractivity contribution in [1.29, 1.82) is 0 Å². The van der Waals surface area contributed by atoms with E-state index in [1.165, 1.54) is 0 Å². The summed E-state index contributed by atoms with van der Waals surface area (Å²) < 4.78 is 19.8. The number of nitrogens with one attached hydrogen (secondary N) is 1. The molecule has 6 N–H and O–H groups in total. The molecule has 6 aromatic heterocycles. The van der Waals surface area contributed by atoms with Crippen LogP contribution in [0.3, 0.4) is 0 Å². The Hall–Kier alpha value is -7.97. The van der Waals surface area contributed by atoms with Gasteiger partial charge < -0.3 is 40.6 Å². The number of aromatic nitrogens is 11. The monoisotopic (exact) mass is 957 g/mol. The van der Waals surface area contributed by atoms with Crippen LogP contribution in [0.5, 0.6) is 0 Å². The summed E-state index contributed by atoms with van der Waals surface area (Å²) in [6.45, 7) is 9.36. The van der Waals surface area contributed by atoms with Crippen molar-refractivity contribution in [2.75, 3.05) is 43.1 Å². The fourth-order valence-electron chi connectivity index (χ4n) is 9.02. The predicted molar refractivity (Wildman–Crippen MR) is 263 cm³/mol. The fraction of sp³-hybridized carbons (Fsp3) is 0.353. The molecule has 1 aliphatic carbocycles. The van der Waals surface area contributed by atoms with E-state index in [9.17, 15) is 9.90 Å². The number of nitrogens with zero attached hydrogens (tertiary/aromatic N) is 12. The van der Waals surface area contributed by atoms with Gasteiger partial charge in [0.1, 0.15) is 12.4 Å². The number of aliphatic hydroxyl groups excluding tert-OH is 1. The molecule has 2 aliphatic rings. The Bertz CT molecular complexity index is 3100. The van der Waals surface area contributed by atoms with Gasteiger partial charge in [-0.1, -0.05) is 58.8 Å². The van der Waals surface area contributed by atoms with Gasteiger partial charge >= 0.3 is 0 Å². The number of amides is 1. The molecule has 1 aliphatic heterocycles. The maximum atomic E-state index is 13.7. The van der Waals surface area contributed by atoms with E-state index in [1.807, 2.05) is 67.3 Å². The molecular weight excluding hydrogens is 903 g/mol. The number of hydrogen-bond acceptors (Lipinski definition) is 18. The largest absolute Gasteiger partial charge is 0.394 e. The molecule has 20 nitrogen and oxygen atoms in total. The second-order valence-corrected chi connectivity index (χ2v) is 19.4. The Balaban J connectivity index is 0.778. The van der Waals surface area contributed by atoms with Gasteiger partial charge in [0.15, 0.2) is 11.6 Å². The maximum Gasteiger partial charge on any atom is 0.261 e. The van der Waals surface area contributed by atoms with Crippen LogP contribution in [0, 0.1) is 5.92 Å². The zero-order valence-electron chi connectivity index (χ0n) is 39.9. The summed E-state index contributed by atoms with van der Waals surface area (Å²) in [7, 11) is 0. The Morgan fingerprint density at radius 1 is 0.718 bits per heavy atom. The van der Waals surface area contributed by atoms with Crippen LogP contribution in [-0.4, -0.2) is 109 Å². The van der Waals surface area contributed by atoms with Gasteiger partial charge in [-0.3, -0.25) is 9.48 Å². The summed E-state index contributed by atoms with van der Waals surface area (Å²) >= 11 is 0. The first kappa shape index (κ1) is 46.7. The van der Waals surface area contributed by atoms with Crippen molar-refractivity contribution in [1.82, 2.24) is 59.9 Å². The first-order chi connectivity index (χ1) is 34.3. The topological polar surface area (TPSA) is 274 Å². The number of benzene rings is 2. The summed E-state index contributed by atoms with van der Waals surface area (Å²) in [6.07, 6.45) is 15.0. The van der Waals surface area contributed by atoms with Crippen molar-refractivity contribution < 1.29 is 23.7 Å². The number of aliphatic hydroxyl groups is 1. The Morgan fingerprint density at radius 3 is 1.90 bits per heavy atom. The smallest absolute Gasteiger partial charge is 0.261 e. The number of nitrogens with two attached hydrogens (primary N) is 2. The molecule has 0 spiro atoms. The third-order valence-electron chi connectivity index (χ3n) is 13.7. The number of pyridine rings is 1. The van der Waals surface area contributed by atoms with Crippen LogP contribution in [0.4, 0.5) is 17.7 Å². The van der Waals surface area contributed by atoms with E-state index < -0.39 is 16.4 Å². The Morgan fingerprint density at radius 2 is 1.30 bits per heavy atom. The zero-order valence-corrected chi connectivity index (χ0v) is 39.9. The van der Waals surface area contributed by atoms with Crippen LogP contribution in [0.2, 0.25) is 0 Å². The first-order valence-corrected chi connectivity index (χ1v) is 23.6. The standard InChI is InChI=1S/C51H55N15O5/c1-49(2,30-67)62-41-16-9-33(21-54-41)43-60-45(63-70-43)50(3,37-10-5-31(6-11-37)34-22-55-47(52)56-23-34)18-20-69-40-17-19-65(28-40)42(68)29-66-27-36(26-59-66)44-61-46(64-71-44)51(4,39-14-15-39)38-12-7-32(8-13-38)35-24-57-48(53)58-25-35/h5-13,16,21-27,39-40,67H,14-15,17-20,28-30H2,1-4H3,(H,54,62)(H2,52,55,56)(H2,53,57,58)/t40-,50?,51+/m1/s1. The van der Waals surface area contributed by atoms with E-state index in [0.29, 0.717) is 78.8 Å². The van der Waals surface area contributed by atoms with Gasteiger partial charge in [-0.25, -0.2) is 24.9 Å². The molecule has 20 heteroatoms. The summed E-state index contributed by atoms with van der Waals surface area (Å²) in [4.78, 5) is 46.3. The van der Waals surface area contributed by atoms with Crippen molar-refractivity contribution in [2.24, 2.45) is 5.92 Å². The minimum absolute atomic E-state index is 0.0466. The predicted octanol–water partition coefficient (Wildman–Crippen LogP) is 6.37. The molecule has 10 rings (SSSR count). The minimum Gasteiger partial charge on any atom is -0.394 e. The van der Waals surface area contributed by atoms with Gasteiger partial charge in [-0.2, -0.15) is 15.1 Å². The normalized spacial score (nSPS) is 16.7. The van der Waals surface area contributed by atoms with Crippen molar-refractivity contribution in [3.8, 4) is 45.2 Å². The third-order valence-corrected chi connectivity index (χ3v) is 13.7. The lowest BCUT2D eigenvalue weighted by molar-refractivity contribution is -0.131. The first-order valence-electron chi connectivity index (χ1n) is 23.6. The molecule has 2 fully saturated rings. The fourth-order valence-corrected chi connectivity index (χ4v) is 9.02. The molecule has 2 aromatic carbocycles. The maximum absolute atomic E-state index is 13.7. The summed E-state index contributed by atoms with van der Waals surface area (Å²) in [5.41, 5.74) is 16.6. The number of likely N-dealkylation sites (tertiary alicyclic amines) is 1. The number of nitrogen functional groups attached to an aromatic ring is 2. The minimum atomic E-state index is -0.736. The lowest BCUT2D eigenvalue weighted by Gasteiger charge is -2.27. The number of anilines is 3. The lowest BCUT2D eigenvalue weighted by atomic mass is 9.77. The molecule has 3 atom stereocenters. The average molecular weight is 958 g/mol. The highest BCUT2D eigenvalue weighted by Gasteiger charge is 2.47. The van der Waals surface area contributed by atoms with Crippen molar-refractivity contribution >= 4 is 23.6 Å². The quantitative estimate of drug-likeness (QED) is 0.0727. The van der Waals surface area contributed by atoms with E-state index >= 15 is 0 Å². The molecule has 1 saturated carbocycles. The lowest BCUT2D eigenvalue weighted by Crippen LogP contribution is -2.35. The summed E-state index contributed by atoms with van der Waals surface area (Å²) in [6, 6.07) is 20.0. The SMILES string of the molecule is CC(C)(CO)Nc1ccc(-c2nc(C(C)(CCO[C@@H]3CCN(C(=O)Cn4cc(-c5nc([C@@](C)(c6ccc(-c7cnc(N)nc7)cc6)C6CC6)no5)cn4)C3)c3ccc(-c4cnc(N)nc4)cc3)no2)cn1. The molecule has 71 heavy (non-hydrogen) atoms. The molecule has 364 valence electrons. The second kappa shape index (κ2) is 19.1. The van der Waals surface area contributed by atoms with Crippen molar-refractivity contribution in [3.63, 3.8) is 0 Å². The summed E-state index contributed by atoms with van der Waals surface area (Å²) in [5, 5.41) is 26.4. The number of hydrogen-bond donors (Lipinski definition) is 4. The average Bonchev–Trinajstić information content (AvgIpc) is 3.80. The van der Waals surface area contributed by atoms with Crippen molar-refractivity contribution in [3.05, 3.63) is 127 Å². The van der Waals surface area contributed by atoms with Gasteiger partial charge in [-0.15, -0.1) is 0 Å². The molecule has 0 bridgehead atoms. The van der Waals surface area contributed by atoms with Gasteiger partial charge in [0.25, 0.3) is 11.8 Å². The molecule has 8 aromatic rings. The molecule has 0 radical (unpaired) electrons. The van der Waals surface area contributed by atoms with Crippen LogP contribution in [-0.2, 0) is 26.9 Å². The van der Waals surface area contributed by atoms with Crippen LogP contribution in [0.1, 0.15) is 76.2 Å². The molecule has 1 amide bonds. The zero-order chi connectivity index (χ0) is 49.3. The third kappa shape index (κ3) is 9.93. The van der Waals surface area contributed by atoms with Crippen LogP contribution in [0.25, 0.3) is 45.2 Å². The second-order valence-electron chi connectivity index (χ2n) is 19.4. The molecular formula is C51H55N15O5. The van der Waals surface area contributed by atoms with Crippen LogP contribution >= 0.6 is 0 Å². The number of rotatable bonds is 18. The van der Waals surface area contributed by atoms with Gasteiger partial charge in [0, 0.05) is 68.0 Å². The van der Waals surface area contributed by atoms with Crippen molar-refractivity contribution in [2.45, 2.75) is 82.4 Å². The summed E-state index contributed by atoms with van der Waals surface area (Å²) in [5.74, 6) is 3.10. The van der Waals surface area contributed by atoms with E-state index in [4.69, 9.17) is 35.2 Å². The highest BCUT2D eigenvalue weighted by Crippen LogP contribution is 2.51.